The highest BCUT2D eigenvalue weighted by Gasteiger charge is 2.32. The fraction of sp³-hybridized carbons (Fsp3) is 0.500. The molecule has 0 amide bonds. The molecule has 1 fully saturated rings. The lowest BCUT2D eigenvalue weighted by atomic mass is 9.92. The van der Waals surface area contributed by atoms with Crippen molar-refractivity contribution in [3.63, 3.8) is 0 Å². The third-order valence-electron chi connectivity index (χ3n) is 6.48. The third-order valence-corrected chi connectivity index (χ3v) is 6.48. The molecule has 3 atom stereocenters. The van der Waals surface area contributed by atoms with Gasteiger partial charge in [-0.05, 0) is 36.1 Å². The van der Waals surface area contributed by atoms with E-state index in [0.29, 0.717) is 5.92 Å². The maximum atomic E-state index is 6.21. The molecule has 3 aromatic heterocycles. The van der Waals surface area contributed by atoms with E-state index in [1.165, 1.54) is 16.8 Å². The van der Waals surface area contributed by atoms with Crippen molar-refractivity contribution in [3.05, 3.63) is 41.3 Å². The van der Waals surface area contributed by atoms with Gasteiger partial charge in [0.25, 0.3) is 0 Å². The van der Waals surface area contributed by atoms with Gasteiger partial charge in [-0.2, -0.15) is 5.10 Å². The normalized spacial score (nSPS) is 24.0. The van der Waals surface area contributed by atoms with Crippen LogP contribution in [0.15, 0.2) is 24.5 Å². The Bertz CT molecular complexity index is 1090. The molecule has 5 rings (SSSR count). The van der Waals surface area contributed by atoms with Crippen LogP contribution in [0, 0.1) is 6.92 Å². The van der Waals surface area contributed by atoms with Crippen molar-refractivity contribution < 1.29 is 4.74 Å². The Morgan fingerprint density at radius 3 is 2.73 bits per heavy atom. The average molecular weight is 408 g/mol. The summed E-state index contributed by atoms with van der Waals surface area (Å²) in [5.41, 5.74) is 12.0. The van der Waals surface area contributed by atoms with Gasteiger partial charge in [-0.1, -0.05) is 6.92 Å². The van der Waals surface area contributed by atoms with Crippen LogP contribution in [-0.2, 0) is 18.3 Å². The second-order valence-corrected chi connectivity index (χ2v) is 8.65. The Kier molecular flexibility index (Phi) is 4.63. The van der Waals surface area contributed by atoms with Gasteiger partial charge in [0.15, 0.2) is 5.65 Å². The lowest BCUT2D eigenvalue weighted by Crippen LogP contribution is -2.34. The van der Waals surface area contributed by atoms with E-state index in [9.17, 15) is 0 Å². The molecule has 2 N–H and O–H groups in total. The Morgan fingerprint density at radius 1 is 1.13 bits per heavy atom. The van der Waals surface area contributed by atoms with Crippen LogP contribution < -0.4 is 15.5 Å². The zero-order valence-corrected chi connectivity index (χ0v) is 18.0. The molecule has 8 nitrogen and oxygen atoms in total. The highest BCUT2D eigenvalue weighted by molar-refractivity contribution is 5.89. The van der Waals surface area contributed by atoms with Crippen LogP contribution in [0.25, 0.3) is 11.0 Å². The summed E-state index contributed by atoms with van der Waals surface area (Å²) in [5, 5.41) is 5.52. The number of fused-ring (bicyclic) bond motifs is 2. The van der Waals surface area contributed by atoms with Crippen molar-refractivity contribution in [2.45, 2.75) is 38.5 Å². The number of aromatic nitrogens is 4. The number of methoxy groups -OCH3 is 1. The third kappa shape index (κ3) is 3.11. The SMILES string of the molecule is CO[C@@H]1CN(c2cc3c(cn2)CN(c2cc(C)nc4c2cnn4C)C[C@@H]3C)C[C@H]1N. The largest absolute Gasteiger partial charge is 0.378 e. The number of hydrogen-bond acceptors (Lipinski definition) is 7. The molecule has 2 aliphatic rings. The van der Waals surface area contributed by atoms with E-state index in [1.54, 1.807) is 7.11 Å². The fourth-order valence-corrected chi connectivity index (χ4v) is 4.85. The molecule has 0 saturated carbocycles. The Morgan fingerprint density at radius 2 is 1.97 bits per heavy atom. The van der Waals surface area contributed by atoms with Crippen LogP contribution >= 0.6 is 0 Å². The highest BCUT2D eigenvalue weighted by Crippen LogP contribution is 2.36. The van der Waals surface area contributed by atoms with Gasteiger partial charge in [-0.25, -0.2) is 9.97 Å². The molecule has 0 aromatic carbocycles. The van der Waals surface area contributed by atoms with E-state index in [-0.39, 0.29) is 12.1 Å². The van der Waals surface area contributed by atoms with E-state index >= 15 is 0 Å². The Hall–Kier alpha value is -2.71. The predicted octanol–water partition coefficient (Wildman–Crippen LogP) is 1.96. The highest BCUT2D eigenvalue weighted by atomic mass is 16.5. The molecule has 1 saturated heterocycles. The number of ether oxygens (including phenoxy) is 1. The van der Waals surface area contributed by atoms with E-state index in [0.717, 1.165) is 48.7 Å². The molecule has 0 aliphatic carbocycles. The summed E-state index contributed by atoms with van der Waals surface area (Å²) in [7, 11) is 3.67. The van der Waals surface area contributed by atoms with Crippen LogP contribution in [0.2, 0.25) is 0 Å². The number of rotatable bonds is 3. The minimum atomic E-state index is 0.0255. The Labute approximate surface area is 176 Å². The molecule has 30 heavy (non-hydrogen) atoms. The number of anilines is 2. The van der Waals surface area contributed by atoms with Crippen molar-refractivity contribution in [1.82, 2.24) is 19.7 Å². The lowest BCUT2D eigenvalue weighted by Gasteiger charge is -2.35. The molecule has 0 unspecified atom stereocenters. The van der Waals surface area contributed by atoms with Crippen molar-refractivity contribution >= 4 is 22.5 Å². The first-order valence-corrected chi connectivity index (χ1v) is 10.5. The van der Waals surface area contributed by atoms with Crippen LogP contribution in [0.1, 0.15) is 29.7 Å². The van der Waals surface area contributed by atoms with Crippen LogP contribution in [-0.4, -0.2) is 58.6 Å². The summed E-state index contributed by atoms with van der Waals surface area (Å²) >= 11 is 0. The van der Waals surface area contributed by atoms with E-state index < -0.39 is 0 Å². The molecule has 8 heteroatoms. The number of hydrogen-bond donors (Lipinski definition) is 1. The van der Waals surface area contributed by atoms with Gasteiger partial charge in [0, 0.05) is 52.2 Å². The van der Waals surface area contributed by atoms with Crippen LogP contribution in [0.3, 0.4) is 0 Å². The van der Waals surface area contributed by atoms with Gasteiger partial charge in [0.05, 0.1) is 29.4 Å². The van der Waals surface area contributed by atoms with Crippen molar-refractivity contribution in [1.29, 1.82) is 0 Å². The van der Waals surface area contributed by atoms with Gasteiger partial charge in [0.1, 0.15) is 5.82 Å². The molecule has 3 aromatic rings. The van der Waals surface area contributed by atoms with Gasteiger partial charge in [-0.15, -0.1) is 0 Å². The summed E-state index contributed by atoms with van der Waals surface area (Å²) in [6.45, 7) is 7.68. The average Bonchev–Trinajstić information content (AvgIpc) is 3.29. The Balaban J connectivity index is 1.46. The zero-order chi connectivity index (χ0) is 21.0. The van der Waals surface area contributed by atoms with Gasteiger partial charge in [-0.3, -0.25) is 4.68 Å². The second-order valence-electron chi connectivity index (χ2n) is 8.65. The topological polar surface area (TPSA) is 85.3 Å². The summed E-state index contributed by atoms with van der Waals surface area (Å²) < 4.78 is 7.35. The fourth-order valence-electron chi connectivity index (χ4n) is 4.85. The van der Waals surface area contributed by atoms with Gasteiger partial charge in [0.2, 0.25) is 0 Å². The van der Waals surface area contributed by atoms with Crippen molar-refractivity contribution in [2.75, 3.05) is 36.5 Å². The first-order chi connectivity index (χ1) is 14.4. The van der Waals surface area contributed by atoms with Crippen molar-refractivity contribution in [2.24, 2.45) is 12.8 Å². The molecular formula is C22H29N7O. The van der Waals surface area contributed by atoms with Gasteiger partial charge >= 0.3 is 0 Å². The first kappa shape index (κ1) is 19.3. The van der Waals surface area contributed by atoms with E-state index in [4.69, 9.17) is 15.5 Å². The monoisotopic (exact) mass is 407 g/mol. The number of nitrogens with two attached hydrogens (primary N) is 1. The predicted molar refractivity (Wildman–Crippen MR) is 118 cm³/mol. The summed E-state index contributed by atoms with van der Waals surface area (Å²) in [4.78, 5) is 14.1. The van der Waals surface area contributed by atoms with E-state index in [2.05, 4.69) is 38.9 Å². The van der Waals surface area contributed by atoms with Crippen molar-refractivity contribution in [3.8, 4) is 0 Å². The standard InChI is InChI=1S/C22H29N7O/c1-13-9-28(19-5-14(2)26-22-17(19)8-25-27(22)3)10-15-7-24-21(6-16(13)15)29-11-18(23)20(12-29)30-4/h5-8,13,18,20H,9-12,23H2,1-4H3/t13-,18+,20+/m0/s1. The second kappa shape index (κ2) is 7.21. The first-order valence-electron chi connectivity index (χ1n) is 10.5. The molecule has 158 valence electrons. The van der Waals surface area contributed by atoms with E-state index in [1.807, 2.05) is 31.0 Å². The quantitative estimate of drug-likeness (QED) is 0.710. The molecule has 2 aliphatic heterocycles. The number of pyridine rings is 2. The minimum Gasteiger partial charge on any atom is -0.378 e. The molecule has 0 radical (unpaired) electrons. The lowest BCUT2D eigenvalue weighted by molar-refractivity contribution is 0.108. The smallest absolute Gasteiger partial charge is 0.159 e. The molecule has 5 heterocycles. The molecular weight excluding hydrogens is 378 g/mol. The van der Waals surface area contributed by atoms with Crippen LogP contribution in [0.5, 0.6) is 0 Å². The number of aryl methyl sites for hydroxylation is 2. The minimum absolute atomic E-state index is 0.0255. The van der Waals surface area contributed by atoms with Gasteiger partial charge < -0.3 is 20.3 Å². The molecule has 0 bridgehead atoms. The maximum absolute atomic E-state index is 6.21. The van der Waals surface area contributed by atoms with Crippen LogP contribution in [0.4, 0.5) is 11.5 Å². The summed E-state index contributed by atoms with van der Waals surface area (Å²) in [6, 6.07) is 4.44. The zero-order valence-electron chi connectivity index (χ0n) is 18.0. The number of nitrogens with zero attached hydrogens (tertiary/aromatic N) is 6. The molecule has 0 spiro atoms. The summed E-state index contributed by atoms with van der Waals surface area (Å²) in [6.07, 6.45) is 4.02. The maximum Gasteiger partial charge on any atom is 0.159 e. The summed E-state index contributed by atoms with van der Waals surface area (Å²) in [5.74, 6) is 1.39.